The minimum absolute atomic E-state index is 0.102. The Bertz CT molecular complexity index is 599. The molecule has 0 radical (unpaired) electrons. The molecular formula is C13H10ClNO3. The Morgan fingerprint density at radius 1 is 1.22 bits per heavy atom. The van der Waals surface area contributed by atoms with Crippen LogP contribution in [0, 0.1) is 10.1 Å². The number of nitro groups is 1. The van der Waals surface area contributed by atoms with Crippen LogP contribution in [-0.2, 0) is 6.61 Å². The predicted molar refractivity (Wildman–Crippen MR) is 69.5 cm³/mol. The molecule has 0 fully saturated rings. The van der Waals surface area contributed by atoms with Gasteiger partial charge < -0.3 is 5.11 Å². The van der Waals surface area contributed by atoms with Crippen molar-refractivity contribution in [3.63, 3.8) is 0 Å². The molecule has 18 heavy (non-hydrogen) atoms. The lowest BCUT2D eigenvalue weighted by atomic mass is 10.00. The van der Waals surface area contributed by atoms with Crippen LogP contribution in [0.15, 0.2) is 42.5 Å². The largest absolute Gasteiger partial charge is 0.392 e. The van der Waals surface area contributed by atoms with E-state index in [0.29, 0.717) is 11.1 Å². The van der Waals surface area contributed by atoms with Crippen LogP contribution in [0.5, 0.6) is 0 Å². The van der Waals surface area contributed by atoms with Crippen molar-refractivity contribution in [3.05, 3.63) is 63.2 Å². The van der Waals surface area contributed by atoms with E-state index >= 15 is 0 Å². The van der Waals surface area contributed by atoms with Gasteiger partial charge in [0.2, 0.25) is 0 Å². The highest BCUT2D eigenvalue weighted by Gasteiger charge is 2.14. The Morgan fingerprint density at radius 2 is 1.94 bits per heavy atom. The number of nitrogens with zero attached hydrogens (tertiary/aromatic N) is 1. The van der Waals surface area contributed by atoms with Crippen molar-refractivity contribution in [2.24, 2.45) is 0 Å². The van der Waals surface area contributed by atoms with Crippen molar-refractivity contribution in [3.8, 4) is 11.1 Å². The van der Waals surface area contributed by atoms with Crippen LogP contribution >= 0.6 is 11.6 Å². The molecule has 4 nitrogen and oxygen atoms in total. The van der Waals surface area contributed by atoms with Crippen molar-refractivity contribution in [2.45, 2.75) is 6.61 Å². The van der Waals surface area contributed by atoms with Gasteiger partial charge in [0.1, 0.15) is 5.02 Å². The summed E-state index contributed by atoms with van der Waals surface area (Å²) in [6, 6.07) is 11.8. The van der Waals surface area contributed by atoms with Gasteiger partial charge in [-0.3, -0.25) is 10.1 Å². The minimum atomic E-state index is -0.520. The molecule has 5 heteroatoms. The van der Waals surface area contributed by atoms with Gasteiger partial charge in [0.15, 0.2) is 0 Å². The molecule has 0 aliphatic rings. The number of aliphatic hydroxyl groups is 1. The Balaban J connectivity index is 2.58. The lowest BCUT2D eigenvalue weighted by Gasteiger charge is -2.07. The maximum atomic E-state index is 10.8. The van der Waals surface area contributed by atoms with E-state index in [9.17, 15) is 15.2 Å². The first-order valence-corrected chi connectivity index (χ1v) is 5.64. The smallest absolute Gasteiger partial charge is 0.288 e. The number of rotatable bonds is 3. The van der Waals surface area contributed by atoms with E-state index in [1.54, 1.807) is 24.3 Å². The van der Waals surface area contributed by atoms with E-state index in [1.165, 1.54) is 12.1 Å². The molecule has 0 unspecified atom stereocenters. The van der Waals surface area contributed by atoms with Crippen LogP contribution in [0.3, 0.4) is 0 Å². The van der Waals surface area contributed by atoms with Crippen molar-refractivity contribution in [1.82, 2.24) is 0 Å². The van der Waals surface area contributed by atoms with Crippen LogP contribution in [-0.4, -0.2) is 10.0 Å². The summed E-state index contributed by atoms with van der Waals surface area (Å²) in [6.45, 7) is -0.118. The van der Waals surface area contributed by atoms with E-state index in [1.807, 2.05) is 6.07 Å². The number of halogens is 1. The second-order valence-corrected chi connectivity index (χ2v) is 4.15. The van der Waals surface area contributed by atoms with Gasteiger partial charge in [-0.25, -0.2) is 0 Å². The van der Waals surface area contributed by atoms with Crippen molar-refractivity contribution >= 4 is 17.3 Å². The lowest BCUT2D eigenvalue weighted by Crippen LogP contribution is -1.92. The highest BCUT2D eigenvalue weighted by atomic mass is 35.5. The summed E-state index contributed by atoms with van der Waals surface area (Å²) in [5, 5.41) is 20.2. The van der Waals surface area contributed by atoms with Crippen molar-refractivity contribution < 1.29 is 10.0 Å². The number of benzene rings is 2. The maximum absolute atomic E-state index is 10.8. The average molecular weight is 264 g/mol. The first kappa shape index (κ1) is 12.5. The van der Waals surface area contributed by atoms with Gasteiger partial charge in [-0.1, -0.05) is 41.9 Å². The van der Waals surface area contributed by atoms with E-state index in [0.717, 1.165) is 5.56 Å². The predicted octanol–water partition coefficient (Wildman–Crippen LogP) is 3.41. The fourth-order valence-electron chi connectivity index (χ4n) is 1.76. The molecule has 0 aliphatic carbocycles. The topological polar surface area (TPSA) is 63.4 Å². The molecule has 0 saturated heterocycles. The molecule has 2 rings (SSSR count). The number of nitro benzene ring substituents is 1. The zero-order chi connectivity index (χ0) is 13.1. The highest BCUT2D eigenvalue weighted by molar-refractivity contribution is 6.32. The third-order valence-corrected chi connectivity index (χ3v) is 2.96. The normalized spacial score (nSPS) is 10.3. The molecule has 0 bridgehead atoms. The molecule has 0 amide bonds. The maximum Gasteiger partial charge on any atom is 0.288 e. The Hall–Kier alpha value is -1.91. The fraction of sp³-hybridized carbons (Fsp3) is 0.0769. The van der Waals surface area contributed by atoms with Crippen LogP contribution in [0.1, 0.15) is 5.56 Å². The van der Waals surface area contributed by atoms with Crippen LogP contribution in [0.25, 0.3) is 11.1 Å². The first-order valence-electron chi connectivity index (χ1n) is 5.26. The Labute approximate surface area is 109 Å². The number of hydrogen-bond donors (Lipinski definition) is 1. The summed E-state index contributed by atoms with van der Waals surface area (Å²) in [5.74, 6) is 0. The molecule has 2 aromatic rings. The third-order valence-electron chi connectivity index (χ3n) is 2.64. The summed E-state index contributed by atoms with van der Waals surface area (Å²) in [5.41, 5.74) is 2.01. The van der Waals surface area contributed by atoms with Crippen LogP contribution in [0.2, 0.25) is 5.02 Å². The van der Waals surface area contributed by atoms with Gasteiger partial charge in [0.05, 0.1) is 11.5 Å². The Kier molecular flexibility index (Phi) is 3.60. The van der Waals surface area contributed by atoms with Gasteiger partial charge in [0, 0.05) is 6.07 Å². The molecule has 0 saturated carbocycles. The molecule has 1 N–H and O–H groups in total. The highest BCUT2D eigenvalue weighted by Crippen LogP contribution is 2.31. The van der Waals surface area contributed by atoms with Crippen molar-refractivity contribution in [2.75, 3.05) is 0 Å². The molecule has 0 spiro atoms. The van der Waals surface area contributed by atoms with Gasteiger partial charge >= 0.3 is 0 Å². The van der Waals surface area contributed by atoms with Crippen LogP contribution in [0.4, 0.5) is 5.69 Å². The molecule has 0 aromatic heterocycles. The summed E-state index contributed by atoms with van der Waals surface area (Å²) in [6.07, 6.45) is 0. The summed E-state index contributed by atoms with van der Waals surface area (Å²) < 4.78 is 0. The van der Waals surface area contributed by atoms with E-state index in [-0.39, 0.29) is 17.3 Å². The van der Waals surface area contributed by atoms with Crippen molar-refractivity contribution in [1.29, 1.82) is 0 Å². The second kappa shape index (κ2) is 5.16. The molecule has 2 aromatic carbocycles. The van der Waals surface area contributed by atoms with E-state index < -0.39 is 4.92 Å². The van der Waals surface area contributed by atoms with Crippen LogP contribution < -0.4 is 0 Å². The average Bonchev–Trinajstić information content (AvgIpc) is 2.39. The number of aliphatic hydroxyl groups excluding tert-OH is 1. The van der Waals surface area contributed by atoms with Gasteiger partial charge in [0.25, 0.3) is 5.69 Å². The third kappa shape index (κ3) is 2.34. The summed E-state index contributed by atoms with van der Waals surface area (Å²) in [4.78, 5) is 10.3. The van der Waals surface area contributed by atoms with E-state index in [2.05, 4.69) is 0 Å². The minimum Gasteiger partial charge on any atom is -0.392 e. The Morgan fingerprint density at radius 3 is 2.61 bits per heavy atom. The molecule has 0 atom stereocenters. The van der Waals surface area contributed by atoms with Gasteiger partial charge in [-0.15, -0.1) is 0 Å². The first-order chi connectivity index (χ1) is 8.63. The fourth-order valence-corrected chi connectivity index (χ4v) is 1.95. The molecule has 0 heterocycles. The lowest BCUT2D eigenvalue weighted by molar-refractivity contribution is -0.384. The molecular weight excluding hydrogens is 254 g/mol. The zero-order valence-electron chi connectivity index (χ0n) is 9.34. The van der Waals surface area contributed by atoms with Gasteiger partial charge in [-0.2, -0.15) is 0 Å². The number of hydrogen-bond acceptors (Lipinski definition) is 3. The summed E-state index contributed by atoms with van der Waals surface area (Å²) in [7, 11) is 0. The summed E-state index contributed by atoms with van der Waals surface area (Å²) >= 11 is 5.76. The molecule has 92 valence electrons. The standard InChI is InChI=1S/C13H10ClNO3/c14-12-6-5-9(7-13(12)15(17)18)11-4-2-1-3-10(11)8-16/h1-7,16H,8H2. The van der Waals surface area contributed by atoms with E-state index in [4.69, 9.17) is 11.6 Å². The molecule has 0 aliphatic heterocycles. The van der Waals surface area contributed by atoms with Gasteiger partial charge in [-0.05, 0) is 22.8 Å². The SMILES string of the molecule is O=[N+]([O-])c1cc(-c2ccccc2CO)ccc1Cl. The zero-order valence-corrected chi connectivity index (χ0v) is 10.1. The monoisotopic (exact) mass is 263 g/mol. The second-order valence-electron chi connectivity index (χ2n) is 3.74. The quantitative estimate of drug-likeness (QED) is 0.682.